The van der Waals surface area contributed by atoms with Crippen LogP contribution < -0.4 is 15.8 Å². The first-order chi connectivity index (χ1) is 14.8. The van der Waals surface area contributed by atoms with Crippen molar-refractivity contribution >= 4 is 27.3 Å². The molecule has 0 unspecified atom stereocenters. The number of hydrogen-bond acceptors (Lipinski definition) is 8. The molecule has 172 valence electrons. The van der Waals surface area contributed by atoms with Gasteiger partial charge >= 0.3 is 0 Å². The van der Waals surface area contributed by atoms with Gasteiger partial charge in [-0.15, -0.1) is 0 Å². The number of sulfone groups is 1. The van der Waals surface area contributed by atoms with Gasteiger partial charge < -0.3 is 15.8 Å². The molecule has 1 aromatic carbocycles. The number of carbonyl (C=O) groups excluding carboxylic acids is 1. The maximum absolute atomic E-state index is 15.3. The molecule has 0 bridgehead atoms. The second kappa shape index (κ2) is 8.08. The Hall–Kier alpha value is -3.15. The highest BCUT2D eigenvalue weighted by Gasteiger charge is 2.53. The average Bonchev–Trinajstić information content (AvgIpc) is 2.73. The third-order valence-electron chi connectivity index (χ3n) is 5.73. The summed E-state index contributed by atoms with van der Waals surface area (Å²) in [5.74, 6) is -1.49. The van der Waals surface area contributed by atoms with Gasteiger partial charge in [0.2, 0.25) is 5.88 Å². The molecule has 3 N–H and O–H groups in total. The SMILES string of the molecule is COc1cnc(C(=O)Nc2ccc(F)c([C@@]3(C)N=C(N)[C@@](C)(S(C)(=O)=O)C[C@@H]3F)c2)cn1. The van der Waals surface area contributed by atoms with E-state index in [1.54, 1.807) is 0 Å². The summed E-state index contributed by atoms with van der Waals surface area (Å²) in [7, 11) is -2.37. The monoisotopic (exact) mass is 467 g/mol. The van der Waals surface area contributed by atoms with Gasteiger partial charge in [-0.05, 0) is 32.0 Å². The fraction of sp³-hybridized carbons (Fsp3) is 0.400. The van der Waals surface area contributed by atoms with Crippen molar-refractivity contribution in [2.24, 2.45) is 10.7 Å². The van der Waals surface area contributed by atoms with Gasteiger partial charge in [0.25, 0.3) is 5.91 Å². The first-order valence-corrected chi connectivity index (χ1v) is 11.4. The lowest BCUT2D eigenvalue weighted by molar-refractivity contribution is 0.102. The van der Waals surface area contributed by atoms with Crippen LogP contribution in [-0.4, -0.2) is 54.4 Å². The number of halogens is 2. The summed E-state index contributed by atoms with van der Waals surface area (Å²) in [6.07, 6.45) is 1.06. The van der Waals surface area contributed by atoms with Crippen molar-refractivity contribution in [1.29, 1.82) is 0 Å². The molecule has 0 spiro atoms. The molecule has 9 nitrogen and oxygen atoms in total. The van der Waals surface area contributed by atoms with E-state index in [4.69, 9.17) is 10.5 Å². The highest BCUT2D eigenvalue weighted by molar-refractivity contribution is 7.92. The number of aromatic nitrogens is 2. The van der Waals surface area contributed by atoms with Crippen LogP contribution in [0.25, 0.3) is 0 Å². The number of hydrogen-bond donors (Lipinski definition) is 2. The zero-order chi connectivity index (χ0) is 23.9. The molecule has 0 fully saturated rings. The van der Waals surface area contributed by atoms with Crippen LogP contribution in [0.3, 0.4) is 0 Å². The zero-order valence-corrected chi connectivity index (χ0v) is 18.7. The standard InChI is InChI=1S/C20H23F2N5O4S/c1-19(32(4,29)30)8-15(22)20(2,27-18(19)23)12-7-11(5-6-13(12)21)26-17(28)14-9-25-16(31-3)10-24-14/h5-7,9-10,15H,8H2,1-4H3,(H2,23,27)(H,26,28)/t15-,19-,20+/m0/s1. The van der Waals surface area contributed by atoms with Crippen molar-refractivity contribution in [2.45, 2.75) is 36.7 Å². The third kappa shape index (κ3) is 4.01. The predicted octanol–water partition coefficient (Wildman–Crippen LogP) is 1.99. The minimum atomic E-state index is -3.78. The molecular weight excluding hydrogens is 444 g/mol. The lowest BCUT2D eigenvalue weighted by Crippen LogP contribution is -2.56. The Balaban J connectivity index is 1.97. The third-order valence-corrected chi connectivity index (χ3v) is 7.74. The van der Waals surface area contributed by atoms with Crippen molar-refractivity contribution < 1.29 is 26.7 Å². The molecule has 1 aliphatic rings. The van der Waals surface area contributed by atoms with E-state index in [9.17, 15) is 17.6 Å². The van der Waals surface area contributed by atoms with E-state index in [1.807, 2.05) is 0 Å². The van der Waals surface area contributed by atoms with Gasteiger partial charge in [0.15, 0.2) is 9.84 Å². The normalized spacial score (nSPS) is 25.7. The number of benzene rings is 1. The Bertz CT molecular complexity index is 1190. The Morgan fingerprint density at radius 1 is 1.28 bits per heavy atom. The number of amidine groups is 1. The molecule has 0 aliphatic carbocycles. The molecule has 0 saturated carbocycles. The van der Waals surface area contributed by atoms with Crippen LogP contribution in [-0.2, 0) is 15.4 Å². The van der Waals surface area contributed by atoms with Crippen LogP contribution in [0.1, 0.15) is 36.3 Å². The van der Waals surface area contributed by atoms with E-state index < -0.39 is 44.4 Å². The average molecular weight is 467 g/mol. The molecule has 12 heteroatoms. The summed E-state index contributed by atoms with van der Waals surface area (Å²) in [6.45, 7) is 2.61. The van der Waals surface area contributed by atoms with E-state index in [-0.39, 0.29) is 28.7 Å². The van der Waals surface area contributed by atoms with Crippen LogP contribution in [0, 0.1) is 5.82 Å². The second-order valence-corrected chi connectivity index (χ2v) is 10.4. The summed E-state index contributed by atoms with van der Waals surface area (Å²) >= 11 is 0. The molecule has 2 heterocycles. The second-order valence-electron chi connectivity index (χ2n) is 7.91. The molecule has 1 aliphatic heterocycles. The number of methoxy groups -OCH3 is 1. The molecule has 32 heavy (non-hydrogen) atoms. The summed E-state index contributed by atoms with van der Waals surface area (Å²) in [5.41, 5.74) is 4.10. The first-order valence-electron chi connectivity index (χ1n) is 9.48. The topological polar surface area (TPSA) is 137 Å². The highest BCUT2D eigenvalue weighted by Crippen LogP contribution is 2.43. The number of nitrogens with one attached hydrogen (secondary N) is 1. The Labute approximate surface area is 184 Å². The van der Waals surface area contributed by atoms with E-state index >= 15 is 4.39 Å². The first kappa shape index (κ1) is 23.5. The summed E-state index contributed by atoms with van der Waals surface area (Å²) in [6, 6.07) is 3.58. The molecule has 3 rings (SSSR count). The van der Waals surface area contributed by atoms with Crippen molar-refractivity contribution in [3.63, 3.8) is 0 Å². The number of rotatable bonds is 5. The van der Waals surface area contributed by atoms with Gasteiger partial charge in [0.05, 0.1) is 19.5 Å². The molecule has 3 atom stereocenters. The van der Waals surface area contributed by atoms with E-state index in [0.29, 0.717) is 0 Å². The molecule has 1 amide bonds. The quantitative estimate of drug-likeness (QED) is 0.686. The molecule has 1 aromatic heterocycles. The number of aliphatic imine (C=N–C) groups is 1. The van der Waals surface area contributed by atoms with Gasteiger partial charge in [0, 0.05) is 23.9 Å². The van der Waals surface area contributed by atoms with E-state index in [0.717, 1.165) is 12.3 Å². The van der Waals surface area contributed by atoms with Crippen LogP contribution in [0.15, 0.2) is 35.6 Å². The maximum atomic E-state index is 15.3. The fourth-order valence-corrected chi connectivity index (χ4v) is 4.25. The van der Waals surface area contributed by atoms with Gasteiger partial charge in [0.1, 0.15) is 33.8 Å². The maximum Gasteiger partial charge on any atom is 0.275 e. The smallest absolute Gasteiger partial charge is 0.275 e. The Morgan fingerprint density at radius 2 is 1.97 bits per heavy atom. The number of nitrogens with zero attached hydrogens (tertiary/aromatic N) is 3. The van der Waals surface area contributed by atoms with Gasteiger partial charge in [-0.1, -0.05) is 0 Å². The Kier molecular flexibility index (Phi) is 5.94. The van der Waals surface area contributed by atoms with Crippen molar-refractivity contribution in [2.75, 3.05) is 18.7 Å². The number of nitrogens with two attached hydrogens (primary N) is 1. The molecule has 2 aromatic rings. The van der Waals surface area contributed by atoms with Crippen LogP contribution in [0.2, 0.25) is 0 Å². The lowest BCUT2D eigenvalue weighted by Gasteiger charge is -2.41. The minimum absolute atomic E-state index is 0.0184. The number of alkyl halides is 1. The van der Waals surface area contributed by atoms with Gasteiger partial charge in [-0.2, -0.15) is 0 Å². The summed E-state index contributed by atoms with van der Waals surface area (Å²) < 4.78 is 57.5. The largest absolute Gasteiger partial charge is 0.480 e. The fourth-order valence-electron chi connectivity index (χ4n) is 3.38. The van der Waals surface area contributed by atoms with Crippen LogP contribution >= 0.6 is 0 Å². The number of anilines is 1. The summed E-state index contributed by atoms with van der Waals surface area (Å²) in [5, 5.41) is 2.54. The van der Waals surface area contributed by atoms with E-state index in [2.05, 4.69) is 20.3 Å². The molecule has 0 radical (unpaired) electrons. The van der Waals surface area contributed by atoms with Crippen LogP contribution in [0.4, 0.5) is 14.5 Å². The highest BCUT2D eigenvalue weighted by atomic mass is 32.2. The summed E-state index contributed by atoms with van der Waals surface area (Å²) in [4.78, 5) is 24.3. The number of ether oxygens (including phenoxy) is 1. The van der Waals surface area contributed by atoms with E-state index in [1.165, 1.54) is 45.5 Å². The van der Waals surface area contributed by atoms with Crippen molar-refractivity contribution in [1.82, 2.24) is 9.97 Å². The van der Waals surface area contributed by atoms with Crippen molar-refractivity contribution in [3.05, 3.63) is 47.7 Å². The predicted molar refractivity (Wildman–Crippen MR) is 115 cm³/mol. The molecular formula is C20H23F2N5O4S. The zero-order valence-electron chi connectivity index (χ0n) is 17.9. The lowest BCUT2D eigenvalue weighted by atomic mass is 9.79. The van der Waals surface area contributed by atoms with Crippen molar-refractivity contribution in [3.8, 4) is 5.88 Å². The van der Waals surface area contributed by atoms with Gasteiger partial charge in [-0.3, -0.25) is 9.79 Å². The Morgan fingerprint density at radius 3 is 2.53 bits per heavy atom. The number of amides is 1. The number of carbonyl (C=O) groups is 1. The molecule has 0 saturated heterocycles. The van der Waals surface area contributed by atoms with Crippen LogP contribution in [0.5, 0.6) is 5.88 Å². The van der Waals surface area contributed by atoms with Gasteiger partial charge in [-0.25, -0.2) is 27.2 Å². The minimum Gasteiger partial charge on any atom is -0.480 e.